The van der Waals surface area contributed by atoms with Gasteiger partial charge in [0.1, 0.15) is 6.04 Å². The molecular weight excluding hydrogens is 130 g/mol. The summed E-state index contributed by atoms with van der Waals surface area (Å²) in [5.41, 5.74) is 0. The largest absolute Gasteiger partial charge is 0.480 e. The lowest BCUT2D eigenvalue weighted by molar-refractivity contribution is -0.137. The summed E-state index contributed by atoms with van der Waals surface area (Å²) in [6.45, 7) is 8.18. The average Bonchev–Trinajstić information content (AvgIpc) is 1.89. The third-order valence-electron chi connectivity index (χ3n) is 0.895. The molecule has 10 heavy (non-hydrogen) atoms. The van der Waals surface area contributed by atoms with Gasteiger partial charge in [0, 0.05) is 6.54 Å². The molecule has 0 amide bonds. The lowest BCUT2D eigenvalue weighted by Crippen LogP contribution is -2.32. The molecule has 0 rings (SSSR count). The van der Waals surface area contributed by atoms with Gasteiger partial charge in [0.15, 0.2) is 0 Å². The molecule has 0 aromatic carbocycles. The number of carbonyl (C=O) groups is 1. The van der Waals surface area contributed by atoms with E-state index in [2.05, 4.69) is 18.5 Å². The summed E-state index contributed by atoms with van der Waals surface area (Å²) in [6.07, 6.45) is 2.78. The summed E-state index contributed by atoms with van der Waals surface area (Å²) in [5, 5.41) is 11.0. The maximum atomic E-state index is 10.2. The number of nitrogens with one attached hydrogen (secondary N) is 1. The standard InChI is InChI=1S/C7H10NO2/c1-3-5-8-6(4-2)7(9)10/h3-6,8H,1-2H2,(H,9,10). The molecule has 0 bridgehead atoms. The van der Waals surface area contributed by atoms with Gasteiger partial charge >= 0.3 is 5.97 Å². The zero-order valence-electron chi connectivity index (χ0n) is 5.58. The Bertz CT molecular complexity index is 143. The monoisotopic (exact) mass is 140 g/mol. The first-order valence-electron chi connectivity index (χ1n) is 2.78. The number of aliphatic carboxylic acids is 1. The van der Waals surface area contributed by atoms with Gasteiger partial charge in [0.2, 0.25) is 0 Å². The molecule has 1 unspecified atom stereocenters. The van der Waals surface area contributed by atoms with E-state index in [1.54, 1.807) is 0 Å². The van der Waals surface area contributed by atoms with Crippen molar-refractivity contribution in [3.05, 3.63) is 31.9 Å². The van der Waals surface area contributed by atoms with E-state index in [0.29, 0.717) is 0 Å². The van der Waals surface area contributed by atoms with Gasteiger partial charge in [-0.15, -0.1) is 13.2 Å². The number of rotatable bonds is 5. The van der Waals surface area contributed by atoms with Crippen LogP contribution in [0.15, 0.2) is 25.3 Å². The van der Waals surface area contributed by atoms with E-state index in [4.69, 9.17) is 5.11 Å². The third-order valence-corrected chi connectivity index (χ3v) is 0.895. The molecule has 0 spiro atoms. The van der Waals surface area contributed by atoms with Gasteiger partial charge in [0.25, 0.3) is 0 Å². The number of carboxylic acids is 1. The van der Waals surface area contributed by atoms with Crippen molar-refractivity contribution in [3.63, 3.8) is 0 Å². The number of carboxylic acid groups (broad SMARTS) is 1. The fraction of sp³-hybridized carbons (Fsp3) is 0.143. The van der Waals surface area contributed by atoms with Crippen LogP contribution in [0.5, 0.6) is 0 Å². The van der Waals surface area contributed by atoms with E-state index in [1.165, 1.54) is 18.7 Å². The van der Waals surface area contributed by atoms with Crippen LogP contribution in [0.25, 0.3) is 0 Å². The summed E-state index contributed by atoms with van der Waals surface area (Å²) in [6, 6.07) is -0.724. The highest BCUT2D eigenvalue weighted by molar-refractivity contribution is 5.75. The summed E-state index contributed by atoms with van der Waals surface area (Å²) in [4.78, 5) is 10.2. The van der Waals surface area contributed by atoms with Crippen molar-refractivity contribution in [2.75, 3.05) is 0 Å². The van der Waals surface area contributed by atoms with Crippen LogP contribution in [0.4, 0.5) is 0 Å². The van der Waals surface area contributed by atoms with E-state index in [0.717, 1.165) is 0 Å². The molecule has 3 heteroatoms. The Morgan fingerprint density at radius 3 is 2.50 bits per heavy atom. The summed E-state index contributed by atoms with van der Waals surface area (Å²) >= 11 is 0. The molecule has 0 heterocycles. The highest BCUT2D eigenvalue weighted by atomic mass is 16.4. The first-order valence-corrected chi connectivity index (χ1v) is 2.78. The minimum absolute atomic E-state index is 0.724. The van der Waals surface area contributed by atoms with Crippen LogP contribution in [-0.2, 0) is 4.79 Å². The molecule has 3 nitrogen and oxygen atoms in total. The van der Waals surface area contributed by atoms with Crippen LogP contribution in [0.3, 0.4) is 0 Å². The molecule has 2 N–H and O–H groups in total. The van der Waals surface area contributed by atoms with E-state index in [1.807, 2.05) is 0 Å². The summed E-state index contributed by atoms with van der Waals surface area (Å²) in [7, 11) is 0. The van der Waals surface area contributed by atoms with Crippen LogP contribution in [-0.4, -0.2) is 17.1 Å². The van der Waals surface area contributed by atoms with Crippen molar-refractivity contribution in [3.8, 4) is 0 Å². The second-order valence-corrected chi connectivity index (χ2v) is 1.62. The summed E-state index contributed by atoms with van der Waals surface area (Å²) in [5.74, 6) is -0.951. The zero-order valence-corrected chi connectivity index (χ0v) is 5.58. The molecule has 0 aliphatic carbocycles. The van der Waals surface area contributed by atoms with Crippen molar-refractivity contribution in [2.24, 2.45) is 0 Å². The molecule has 0 aromatic rings. The highest BCUT2D eigenvalue weighted by Gasteiger charge is 2.09. The lowest BCUT2D eigenvalue weighted by Gasteiger charge is -2.05. The number of hydrogen-bond acceptors (Lipinski definition) is 2. The SMILES string of the molecule is C=C[CH]NC(C=C)C(=O)O. The van der Waals surface area contributed by atoms with Gasteiger partial charge < -0.3 is 5.11 Å². The molecule has 1 radical (unpaired) electrons. The molecule has 0 aromatic heterocycles. The molecule has 55 valence electrons. The Kier molecular flexibility index (Phi) is 4.24. The van der Waals surface area contributed by atoms with Gasteiger partial charge in [-0.3, -0.25) is 10.1 Å². The zero-order chi connectivity index (χ0) is 7.98. The van der Waals surface area contributed by atoms with Crippen LogP contribution in [0.1, 0.15) is 0 Å². The first kappa shape index (κ1) is 8.91. The first-order chi connectivity index (χ1) is 4.72. The normalized spacial score (nSPS) is 12.0. The molecular formula is C7H10NO2. The van der Waals surface area contributed by atoms with Gasteiger partial charge in [0.05, 0.1) is 0 Å². The predicted molar refractivity (Wildman–Crippen MR) is 39.3 cm³/mol. The number of hydrogen-bond donors (Lipinski definition) is 2. The third kappa shape index (κ3) is 3.04. The smallest absolute Gasteiger partial charge is 0.324 e. The van der Waals surface area contributed by atoms with Crippen molar-refractivity contribution in [1.29, 1.82) is 0 Å². The van der Waals surface area contributed by atoms with Gasteiger partial charge in [-0.05, 0) is 0 Å². The topological polar surface area (TPSA) is 49.3 Å². The van der Waals surface area contributed by atoms with Crippen LogP contribution >= 0.6 is 0 Å². The lowest BCUT2D eigenvalue weighted by atomic mass is 10.3. The predicted octanol–water partition coefficient (Wildman–Crippen LogP) is 0.563. The minimum atomic E-state index is -0.951. The Hall–Kier alpha value is -1.09. The molecule has 1 atom stereocenters. The van der Waals surface area contributed by atoms with Gasteiger partial charge in [-0.25, -0.2) is 0 Å². The minimum Gasteiger partial charge on any atom is -0.480 e. The molecule has 0 saturated heterocycles. The fourth-order valence-electron chi connectivity index (χ4n) is 0.412. The Labute approximate surface area is 60.1 Å². The van der Waals surface area contributed by atoms with E-state index >= 15 is 0 Å². The molecule has 0 saturated carbocycles. The second-order valence-electron chi connectivity index (χ2n) is 1.62. The molecule has 0 aliphatic rings. The molecule has 0 aliphatic heterocycles. The van der Waals surface area contributed by atoms with E-state index in [-0.39, 0.29) is 0 Å². The van der Waals surface area contributed by atoms with Crippen molar-refractivity contribution in [1.82, 2.24) is 5.32 Å². The van der Waals surface area contributed by atoms with E-state index in [9.17, 15) is 4.79 Å². The second kappa shape index (κ2) is 4.76. The van der Waals surface area contributed by atoms with Gasteiger partial charge in [-0.2, -0.15) is 0 Å². The molecule has 0 fully saturated rings. The average molecular weight is 140 g/mol. The Morgan fingerprint density at radius 1 is 1.60 bits per heavy atom. The van der Waals surface area contributed by atoms with E-state index < -0.39 is 12.0 Å². The quantitative estimate of drug-likeness (QED) is 0.549. The highest BCUT2D eigenvalue weighted by Crippen LogP contribution is 1.85. The van der Waals surface area contributed by atoms with Crippen molar-refractivity contribution < 1.29 is 9.90 Å². The van der Waals surface area contributed by atoms with Crippen LogP contribution < -0.4 is 5.32 Å². The van der Waals surface area contributed by atoms with Gasteiger partial charge in [-0.1, -0.05) is 12.2 Å². The maximum absolute atomic E-state index is 10.2. The Morgan fingerprint density at radius 2 is 2.20 bits per heavy atom. The van der Waals surface area contributed by atoms with Crippen molar-refractivity contribution in [2.45, 2.75) is 6.04 Å². The fourth-order valence-corrected chi connectivity index (χ4v) is 0.412. The van der Waals surface area contributed by atoms with Crippen LogP contribution in [0.2, 0.25) is 0 Å². The maximum Gasteiger partial charge on any atom is 0.324 e. The van der Waals surface area contributed by atoms with Crippen LogP contribution in [0, 0.1) is 6.54 Å². The summed E-state index contributed by atoms with van der Waals surface area (Å²) < 4.78 is 0. The Balaban J connectivity index is 3.71. The van der Waals surface area contributed by atoms with Crippen molar-refractivity contribution >= 4 is 5.97 Å².